The molecule has 3 rings (SSSR count). The zero-order valence-electron chi connectivity index (χ0n) is 14.1. The first kappa shape index (κ1) is 16.5. The summed E-state index contributed by atoms with van der Waals surface area (Å²) in [7, 11) is 1.66. The van der Waals surface area contributed by atoms with Gasteiger partial charge in [0, 0.05) is 12.6 Å². The molecular formula is C20H23NO3. The molecule has 0 heterocycles. The molecule has 4 heteroatoms. The zero-order chi connectivity index (χ0) is 17.2. The second kappa shape index (κ2) is 6.65. The molecule has 0 unspecified atom stereocenters. The van der Waals surface area contributed by atoms with Gasteiger partial charge in [-0.3, -0.25) is 4.79 Å². The summed E-state index contributed by atoms with van der Waals surface area (Å²) in [5.41, 5.74) is 2.99. The fourth-order valence-corrected chi connectivity index (χ4v) is 3.21. The average molecular weight is 325 g/mol. The first-order valence-corrected chi connectivity index (χ1v) is 8.20. The Labute approximate surface area is 142 Å². The summed E-state index contributed by atoms with van der Waals surface area (Å²) in [6.07, 6.45) is 1.40. The molecule has 4 nitrogen and oxygen atoms in total. The van der Waals surface area contributed by atoms with Gasteiger partial charge in [0.05, 0.1) is 12.5 Å². The minimum Gasteiger partial charge on any atom is -0.497 e. The topological polar surface area (TPSA) is 58.6 Å². The number of nitrogens with one attached hydrogen (secondary N) is 1. The maximum absolute atomic E-state index is 11.1. The lowest BCUT2D eigenvalue weighted by Crippen LogP contribution is -2.51. The fraction of sp³-hybridized carbons (Fsp3) is 0.350. The number of carboxylic acid groups (broad SMARTS) is 1. The molecule has 0 aromatic heterocycles. The normalized spacial score (nSPS) is 22.7. The van der Waals surface area contributed by atoms with E-state index in [2.05, 4.69) is 29.6 Å². The molecule has 0 atom stereocenters. The highest BCUT2D eigenvalue weighted by molar-refractivity contribution is 5.75. The van der Waals surface area contributed by atoms with Crippen LogP contribution in [0.2, 0.25) is 0 Å². The summed E-state index contributed by atoms with van der Waals surface area (Å²) in [6, 6.07) is 16.8. The van der Waals surface area contributed by atoms with Crippen molar-refractivity contribution in [1.82, 2.24) is 5.32 Å². The Kier molecular flexibility index (Phi) is 4.58. The van der Waals surface area contributed by atoms with Crippen LogP contribution in [0.15, 0.2) is 48.5 Å². The summed E-state index contributed by atoms with van der Waals surface area (Å²) >= 11 is 0. The van der Waals surface area contributed by atoms with E-state index in [9.17, 15) is 4.79 Å². The predicted octanol–water partition coefficient (Wildman–Crippen LogP) is 3.71. The second-order valence-electron chi connectivity index (χ2n) is 6.78. The van der Waals surface area contributed by atoms with Gasteiger partial charge in [0.1, 0.15) is 5.75 Å². The summed E-state index contributed by atoms with van der Waals surface area (Å²) in [5.74, 6) is 0.165. The Morgan fingerprint density at radius 3 is 2.17 bits per heavy atom. The van der Waals surface area contributed by atoms with Gasteiger partial charge >= 0.3 is 5.97 Å². The van der Waals surface area contributed by atoms with Gasteiger partial charge < -0.3 is 15.2 Å². The quantitative estimate of drug-likeness (QED) is 0.850. The lowest BCUT2D eigenvalue weighted by atomic mass is 9.67. The Balaban J connectivity index is 1.54. The third-order valence-corrected chi connectivity index (χ3v) is 4.88. The van der Waals surface area contributed by atoms with Crippen LogP contribution in [0.25, 0.3) is 11.1 Å². The van der Waals surface area contributed by atoms with Gasteiger partial charge in [-0.2, -0.15) is 0 Å². The minimum atomic E-state index is -0.690. The van der Waals surface area contributed by atoms with E-state index in [0.717, 1.165) is 17.9 Å². The molecule has 2 aromatic carbocycles. The highest BCUT2D eigenvalue weighted by atomic mass is 16.5. The number of rotatable bonds is 6. The molecule has 126 valence electrons. The van der Waals surface area contributed by atoms with Gasteiger partial charge in [-0.05, 0) is 48.6 Å². The van der Waals surface area contributed by atoms with E-state index in [1.165, 1.54) is 11.1 Å². The minimum absolute atomic E-state index is 0.298. The average Bonchev–Trinajstić information content (AvgIpc) is 2.58. The largest absolute Gasteiger partial charge is 0.497 e. The number of methoxy groups -OCH3 is 1. The Morgan fingerprint density at radius 2 is 1.67 bits per heavy atom. The highest BCUT2D eigenvalue weighted by Gasteiger charge is 2.46. The molecule has 1 aliphatic carbocycles. The van der Waals surface area contributed by atoms with E-state index in [1.807, 2.05) is 31.2 Å². The van der Waals surface area contributed by atoms with Crippen LogP contribution in [0.3, 0.4) is 0 Å². The number of hydrogen-bond acceptors (Lipinski definition) is 3. The van der Waals surface area contributed by atoms with E-state index in [0.29, 0.717) is 18.9 Å². The second-order valence-corrected chi connectivity index (χ2v) is 6.78. The van der Waals surface area contributed by atoms with Crippen molar-refractivity contribution in [2.45, 2.75) is 32.4 Å². The highest BCUT2D eigenvalue weighted by Crippen LogP contribution is 2.40. The number of benzene rings is 2. The summed E-state index contributed by atoms with van der Waals surface area (Å²) in [4.78, 5) is 11.1. The van der Waals surface area contributed by atoms with Crippen molar-refractivity contribution in [3.05, 3.63) is 54.1 Å². The number of carboxylic acids is 1. The van der Waals surface area contributed by atoms with E-state index >= 15 is 0 Å². The van der Waals surface area contributed by atoms with Crippen LogP contribution in [0.1, 0.15) is 25.3 Å². The van der Waals surface area contributed by atoms with Crippen molar-refractivity contribution >= 4 is 5.97 Å². The summed E-state index contributed by atoms with van der Waals surface area (Å²) in [6.45, 7) is 2.58. The molecular weight excluding hydrogens is 302 g/mol. The van der Waals surface area contributed by atoms with Crippen LogP contribution in [-0.4, -0.2) is 24.2 Å². The molecule has 0 aliphatic heterocycles. The fourth-order valence-electron chi connectivity index (χ4n) is 3.21. The van der Waals surface area contributed by atoms with Crippen molar-refractivity contribution in [3.8, 4) is 16.9 Å². The number of aliphatic carboxylic acids is 1. The molecule has 0 radical (unpaired) electrons. The van der Waals surface area contributed by atoms with E-state index < -0.39 is 11.4 Å². The van der Waals surface area contributed by atoms with Crippen molar-refractivity contribution in [3.63, 3.8) is 0 Å². The summed E-state index contributed by atoms with van der Waals surface area (Å²) in [5, 5.41) is 12.6. The Bertz CT molecular complexity index is 701. The van der Waals surface area contributed by atoms with Gasteiger partial charge in [0.2, 0.25) is 0 Å². The lowest BCUT2D eigenvalue weighted by Gasteiger charge is -2.42. The Morgan fingerprint density at radius 1 is 1.12 bits per heavy atom. The van der Waals surface area contributed by atoms with Crippen LogP contribution >= 0.6 is 0 Å². The van der Waals surface area contributed by atoms with Crippen LogP contribution in [-0.2, 0) is 11.3 Å². The molecule has 1 fully saturated rings. The van der Waals surface area contributed by atoms with Crippen molar-refractivity contribution in [1.29, 1.82) is 0 Å². The van der Waals surface area contributed by atoms with Crippen LogP contribution in [0.4, 0.5) is 0 Å². The monoisotopic (exact) mass is 325 g/mol. The lowest BCUT2D eigenvalue weighted by molar-refractivity contribution is -0.154. The maximum atomic E-state index is 11.1. The SMILES string of the molecule is COc1ccc(-c2ccc(CNC3CC(C)(C(=O)O)C3)cc2)cc1. The van der Waals surface area contributed by atoms with Crippen LogP contribution in [0, 0.1) is 5.41 Å². The number of hydrogen-bond donors (Lipinski definition) is 2. The molecule has 0 saturated heterocycles. The molecule has 0 amide bonds. The number of carbonyl (C=O) groups is 1. The predicted molar refractivity (Wildman–Crippen MR) is 94.0 cm³/mol. The molecule has 0 spiro atoms. The standard InChI is InChI=1S/C20H23NO3/c1-20(19(22)23)11-17(12-20)21-13-14-3-5-15(6-4-14)16-7-9-18(24-2)10-8-16/h3-10,17,21H,11-13H2,1-2H3,(H,22,23). The molecule has 0 bridgehead atoms. The smallest absolute Gasteiger partial charge is 0.309 e. The molecule has 2 aromatic rings. The van der Waals surface area contributed by atoms with Crippen molar-refractivity contribution in [2.75, 3.05) is 7.11 Å². The zero-order valence-corrected chi connectivity index (χ0v) is 14.1. The van der Waals surface area contributed by atoms with Gasteiger partial charge in [0.15, 0.2) is 0 Å². The van der Waals surface area contributed by atoms with Crippen molar-refractivity contribution < 1.29 is 14.6 Å². The van der Waals surface area contributed by atoms with Gasteiger partial charge in [0.25, 0.3) is 0 Å². The van der Waals surface area contributed by atoms with Gasteiger partial charge in [-0.15, -0.1) is 0 Å². The van der Waals surface area contributed by atoms with Crippen molar-refractivity contribution in [2.24, 2.45) is 5.41 Å². The third-order valence-electron chi connectivity index (χ3n) is 4.88. The van der Waals surface area contributed by atoms with E-state index in [-0.39, 0.29) is 0 Å². The van der Waals surface area contributed by atoms with E-state index in [1.54, 1.807) is 7.11 Å². The first-order chi connectivity index (χ1) is 11.5. The van der Waals surface area contributed by atoms with Gasteiger partial charge in [-0.25, -0.2) is 0 Å². The first-order valence-electron chi connectivity index (χ1n) is 8.20. The maximum Gasteiger partial charge on any atom is 0.309 e. The molecule has 24 heavy (non-hydrogen) atoms. The van der Waals surface area contributed by atoms with E-state index in [4.69, 9.17) is 9.84 Å². The van der Waals surface area contributed by atoms with Crippen LogP contribution < -0.4 is 10.1 Å². The summed E-state index contributed by atoms with van der Waals surface area (Å²) < 4.78 is 5.18. The van der Waals surface area contributed by atoms with Crippen LogP contribution in [0.5, 0.6) is 5.75 Å². The molecule has 1 saturated carbocycles. The Hall–Kier alpha value is -2.33. The van der Waals surface area contributed by atoms with Gasteiger partial charge in [-0.1, -0.05) is 36.4 Å². The third kappa shape index (κ3) is 3.44. The molecule has 2 N–H and O–H groups in total. The molecule has 1 aliphatic rings. The number of ether oxygens (including phenoxy) is 1.